The number of aryl methyl sites for hydroxylation is 2. The first-order chi connectivity index (χ1) is 12.8. The maximum atomic E-state index is 12.5. The number of carbonyl (C=O) groups is 1. The standard InChI is InChI=1S/C20H28N4O2/c1-2-8-18-21-20(22-26-18)24-14-7-13-23(15-16-24)19(25)12-6-11-17-9-4-3-5-10-17/h3-5,9-10H,2,6-8,11-16H2,1H3. The molecule has 0 atom stereocenters. The fourth-order valence-corrected chi connectivity index (χ4v) is 3.30. The number of hydrogen-bond acceptors (Lipinski definition) is 5. The van der Waals surface area contributed by atoms with Gasteiger partial charge in [-0.05, 0) is 36.4 Å². The van der Waals surface area contributed by atoms with Gasteiger partial charge in [0.05, 0.1) is 0 Å². The zero-order valence-electron chi connectivity index (χ0n) is 15.6. The Labute approximate surface area is 155 Å². The average molecular weight is 356 g/mol. The van der Waals surface area contributed by atoms with Crippen molar-refractivity contribution in [2.45, 2.75) is 45.4 Å². The fraction of sp³-hybridized carbons (Fsp3) is 0.550. The summed E-state index contributed by atoms with van der Waals surface area (Å²) in [7, 11) is 0. The molecule has 2 aromatic rings. The van der Waals surface area contributed by atoms with E-state index in [-0.39, 0.29) is 5.91 Å². The Kier molecular flexibility index (Phi) is 6.63. The predicted octanol–water partition coefficient (Wildman–Crippen LogP) is 3.08. The molecule has 0 bridgehead atoms. The van der Waals surface area contributed by atoms with Crippen LogP contribution in [0.3, 0.4) is 0 Å². The summed E-state index contributed by atoms with van der Waals surface area (Å²) in [6, 6.07) is 10.3. The Balaban J connectivity index is 1.45. The van der Waals surface area contributed by atoms with E-state index in [1.165, 1.54) is 5.56 Å². The number of amides is 1. The van der Waals surface area contributed by atoms with E-state index in [4.69, 9.17) is 4.52 Å². The summed E-state index contributed by atoms with van der Waals surface area (Å²) in [5.74, 6) is 1.61. The van der Waals surface area contributed by atoms with Crippen molar-refractivity contribution in [2.75, 3.05) is 31.1 Å². The second-order valence-corrected chi connectivity index (χ2v) is 6.80. The molecule has 6 nitrogen and oxygen atoms in total. The van der Waals surface area contributed by atoms with Gasteiger partial charge in [0.25, 0.3) is 5.95 Å². The van der Waals surface area contributed by atoms with E-state index < -0.39 is 0 Å². The van der Waals surface area contributed by atoms with Crippen LogP contribution in [0.15, 0.2) is 34.9 Å². The van der Waals surface area contributed by atoms with Crippen molar-refractivity contribution in [1.29, 1.82) is 0 Å². The van der Waals surface area contributed by atoms with Crippen LogP contribution in [0.1, 0.15) is 44.1 Å². The summed E-state index contributed by atoms with van der Waals surface area (Å²) >= 11 is 0. The third-order valence-electron chi connectivity index (χ3n) is 4.75. The number of anilines is 1. The number of benzene rings is 1. The molecule has 0 radical (unpaired) electrons. The Morgan fingerprint density at radius 3 is 2.77 bits per heavy atom. The first-order valence-electron chi connectivity index (χ1n) is 9.65. The molecule has 1 aliphatic rings. The molecule has 0 saturated carbocycles. The van der Waals surface area contributed by atoms with Gasteiger partial charge in [-0.15, -0.1) is 0 Å². The minimum Gasteiger partial charge on any atom is -0.341 e. The lowest BCUT2D eigenvalue weighted by molar-refractivity contribution is -0.131. The predicted molar refractivity (Wildman–Crippen MR) is 101 cm³/mol. The van der Waals surface area contributed by atoms with E-state index in [0.29, 0.717) is 18.3 Å². The van der Waals surface area contributed by atoms with Gasteiger partial charge in [0, 0.05) is 39.0 Å². The smallest absolute Gasteiger partial charge is 0.266 e. The third-order valence-corrected chi connectivity index (χ3v) is 4.75. The van der Waals surface area contributed by atoms with E-state index in [1.807, 2.05) is 23.1 Å². The van der Waals surface area contributed by atoms with Crippen molar-refractivity contribution in [3.05, 3.63) is 41.8 Å². The van der Waals surface area contributed by atoms with Crippen LogP contribution >= 0.6 is 0 Å². The minimum absolute atomic E-state index is 0.252. The minimum atomic E-state index is 0.252. The molecular weight excluding hydrogens is 328 g/mol. The lowest BCUT2D eigenvalue weighted by Gasteiger charge is -2.21. The van der Waals surface area contributed by atoms with Crippen molar-refractivity contribution >= 4 is 11.9 Å². The molecule has 26 heavy (non-hydrogen) atoms. The van der Waals surface area contributed by atoms with Gasteiger partial charge in [0.2, 0.25) is 11.8 Å². The molecule has 1 saturated heterocycles. The number of carbonyl (C=O) groups excluding carboxylic acids is 1. The van der Waals surface area contributed by atoms with Gasteiger partial charge in [0.15, 0.2) is 0 Å². The van der Waals surface area contributed by atoms with Crippen LogP contribution in [0.4, 0.5) is 5.95 Å². The maximum absolute atomic E-state index is 12.5. The Morgan fingerprint density at radius 2 is 1.96 bits per heavy atom. The second kappa shape index (κ2) is 9.36. The molecule has 2 heterocycles. The third kappa shape index (κ3) is 5.07. The van der Waals surface area contributed by atoms with Gasteiger partial charge in [-0.1, -0.05) is 37.3 Å². The summed E-state index contributed by atoms with van der Waals surface area (Å²) in [4.78, 5) is 21.1. The Bertz CT molecular complexity index is 686. The van der Waals surface area contributed by atoms with Crippen LogP contribution in [0.2, 0.25) is 0 Å². The topological polar surface area (TPSA) is 62.5 Å². The van der Waals surface area contributed by atoms with Crippen molar-refractivity contribution in [3.63, 3.8) is 0 Å². The highest BCUT2D eigenvalue weighted by atomic mass is 16.5. The van der Waals surface area contributed by atoms with Crippen LogP contribution in [0.25, 0.3) is 0 Å². The molecule has 1 fully saturated rings. The Hall–Kier alpha value is -2.37. The van der Waals surface area contributed by atoms with Crippen molar-refractivity contribution in [2.24, 2.45) is 0 Å². The summed E-state index contributed by atoms with van der Waals surface area (Å²) < 4.78 is 5.29. The second-order valence-electron chi connectivity index (χ2n) is 6.80. The molecule has 3 rings (SSSR count). The van der Waals surface area contributed by atoms with Gasteiger partial charge < -0.3 is 14.3 Å². The van der Waals surface area contributed by atoms with Gasteiger partial charge in [-0.3, -0.25) is 4.79 Å². The molecule has 1 aliphatic heterocycles. The lowest BCUT2D eigenvalue weighted by Crippen LogP contribution is -2.35. The highest BCUT2D eigenvalue weighted by Gasteiger charge is 2.21. The first kappa shape index (κ1) is 18.4. The van der Waals surface area contributed by atoms with Crippen molar-refractivity contribution < 1.29 is 9.32 Å². The van der Waals surface area contributed by atoms with Gasteiger partial charge in [-0.2, -0.15) is 4.98 Å². The monoisotopic (exact) mass is 356 g/mol. The maximum Gasteiger partial charge on any atom is 0.266 e. The van der Waals surface area contributed by atoms with Crippen LogP contribution in [0, 0.1) is 0 Å². The molecule has 0 N–H and O–H groups in total. The SMILES string of the molecule is CCCc1nc(N2CCCN(C(=O)CCCc3ccccc3)CC2)no1. The zero-order valence-corrected chi connectivity index (χ0v) is 15.6. The molecule has 1 aromatic heterocycles. The van der Waals surface area contributed by atoms with Crippen LogP contribution in [-0.2, 0) is 17.6 Å². The van der Waals surface area contributed by atoms with Crippen molar-refractivity contribution in [1.82, 2.24) is 15.0 Å². The Morgan fingerprint density at radius 1 is 1.12 bits per heavy atom. The molecular formula is C20H28N4O2. The van der Waals surface area contributed by atoms with Crippen LogP contribution < -0.4 is 4.90 Å². The molecule has 0 spiro atoms. The normalized spacial score (nSPS) is 15.1. The van der Waals surface area contributed by atoms with Crippen LogP contribution in [-0.4, -0.2) is 47.1 Å². The fourth-order valence-electron chi connectivity index (χ4n) is 3.30. The summed E-state index contributed by atoms with van der Waals surface area (Å²) in [6.07, 6.45) is 5.20. The number of nitrogens with zero attached hydrogens (tertiary/aromatic N) is 4. The molecule has 0 unspecified atom stereocenters. The average Bonchev–Trinajstić information content (AvgIpc) is 2.98. The van der Waals surface area contributed by atoms with E-state index in [0.717, 1.165) is 58.3 Å². The van der Waals surface area contributed by atoms with Crippen molar-refractivity contribution in [3.8, 4) is 0 Å². The summed E-state index contributed by atoms with van der Waals surface area (Å²) in [5.41, 5.74) is 1.29. The number of aromatic nitrogens is 2. The van der Waals surface area contributed by atoms with E-state index >= 15 is 0 Å². The number of rotatable bonds is 7. The largest absolute Gasteiger partial charge is 0.341 e. The first-order valence-corrected chi connectivity index (χ1v) is 9.65. The van der Waals surface area contributed by atoms with Gasteiger partial charge in [0.1, 0.15) is 0 Å². The summed E-state index contributed by atoms with van der Waals surface area (Å²) in [5, 5.41) is 4.09. The highest BCUT2D eigenvalue weighted by Crippen LogP contribution is 2.15. The quantitative estimate of drug-likeness (QED) is 0.763. The molecule has 6 heteroatoms. The zero-order chi connectivity index (χ0) is 18.2. The number of hydrogen-bond donors (Lipinski definition) is 0. The molecule has 0 aliphatic carbocycles. The lowest BCUT2D eigenvalue weighted by atomic mass is 10.1. The highest BCUT2D eigenvalue weighted by molar-refractivity contribution is 5.76. The molecule has 1 amide bonds. The van der Waals surface area contributed by atoms with E-state index in [1.54, 1.807) is 0 Å². The summed E-state index contributed by atoms with van der Waals surface area (Å²) in [6.45, 7) is 5.24. The van der Waals surface area contributed by atoms with E-state index in [9.17, 15) is 4.79 Å². The van der Waals surface area contributed by atoms with Gasteiger partial charge in [-0.25, -0.2) is 0 Å². The van der Waals surface area contributed by atoms with Crippen LogP contribution in [0.5, 0.6) is 0 Å². The van der Waals surface area contributed by atoms with E-state index in [2.05, 4.69) is 34.1 Å². The van der Waals surface area contributed by atoms with Gasteiger partial charge >= 0.3 is 0 Å². The molecule has 1 aromatic carbocycles. The molecule has 140 valence electrons.